The van der Waals surface area contributed by atoms with Crippen LogP contribution in [0.1, 0.15) is 20.3 Å². The van der Waals surface area contributed by atoms with Gasteiger partial charge in [-0.2, -0.15) is 5.26 Å². The van der Waals surface area contributed by atoms with Gasteiger partial charge < -0.3 is 0 Å². The summed E-state index contributed by atoms with van der Waals surface area (Å²) in [5.41, 5.74) is -0.404. The van der Waals surface area contributed by atoms with Crippen LogP contribution < -0.4 is 5.32 Å². The Hall–Kier alpha value is -0.570. The Balaban J connectivity index is 2.32. The second-order valence-corrected chi connectivity index (χ2v) is 5.61. The molecular weight excluding hydrogens is 226 g/mol. The molecule has 1 N–H and O–H groups in total. The molecule has 0 aliphatic rings. The van der Waals surface area contributed by atoms with Crippen LogP contribution in [0.3, 0.4) is 0 Å². The van der Waals surface area contributed by atoms with E-state index in [1.807, 2.05) is 19.2 Å². The molecule has 1 aromatic rings. The summed E-state index contributed by atoms with van der Waals surface area (Å²) in [6, 6.07) is 2.32. The molecule has 82 valence electrons. The fourth-order valence-corrected chi connectivity index (χ4v) is 3.07. The number of nitrogens with one attached hydrogen (secondary N) is 1. The number of thioether (sulfide) groups is 1. The van der Waals surface area contributed by atoms with Crippen LogP contribution in [0.25, 0.3) is 0 Å². The quantitative estimate of drug-likeness (QED) is 0.777. The van der Waals surface area contributed by atoms with E-state index < -0.39 is 5.54 Å². The van der Waals surface area contributed by atoms with Gasteiger partial charge in [0.15, 0.2) is 0 Å². The highest BCUT2D eigenvalue weighted by Crippen LogP contribution is 2.23. The van der Waals surface area contributed by atoms with E-state index in [-0.39, 0.29) is 0 Å². The predicted molar refractivity (Wildman–Crippen MR) is 65.1 cm³/mol. The Morgan fingerprint density at radius 2 is 2.53 bits per heavy atom. The van der Waals surface area contributed by atoms with Crippen LogP contribution >= 0.6 is 23.1 Å². The Morgan fingerprint density at radius 1 is 1.73 bits per heavy atom. The van der Waals surface area contributed by atoms with E-state index in [1.165, 1.54) is 0 Å². The van der Waals surface area contributed by atoms with Crippen molar-refractivity contribution in [1.82, 2.24) is 10.3 Å². The molecule has 3 nitrogen and oxygen atoms in total. The topological polar surface area (TPSA) is 48.7 Å². The van der Waals surface area contributed by atoms with Gasteiger partial charge in [0, 0.05) is 17.3 Å². The number of nitrogens with zero attached hydrogens (tertiary/aromatic N) is 2. The number of hydrogen-bond donors (Lipinski definition) is 1. The first-order valence-corrected chi connectivity index (χ1v) is 6.75. The van der Waals surface area contributed by atoms with Crippen LogP contribution in [0.15, 0.2) is 15.9 Å². The zero-order valence-corrected chi connectivity index (χ0v) is 10.6. The summed E-state index contributed by atoms with van der Waals surface area (Å²) in [6.45, 7) is 4.79. The minimum absolute atomic E-state index is 0.404. The molecule has 1 aromatic heterocycles. The van der Waals surface area contributed by atoms with Crippen molar-refractivity contribution < 1.29 is 0 Å². The molecule has 0 bridgehead atoms. The summed E-state index contributed by atoms with van der Waals surface area (Å²) in [6.07, 6.45) is 2.64. The highest BCUT2D eigenvalue weighted by molar-refractivity contribution is 8.00. The SMILES string of the molecule is CCNC(C)(C#N)CCSc1nccs1. The average Bonchev–Trinajstić information content (AvgIpc) is 2.71. The number of rotatable bonds is 6. The van der Waals surface area contributed by atoms with Crippen molar-refractivity contribution in [3.8, 4) is 6.07 Å². The van der Waals surface area contributed by atoms with Gasteiger partial charge in [-0.15, -0.1) is 11.3 Å². The molecule has 1 rings (SSSR count). The lowest BCUT2D eigenvalue weighted by Crippen LogP contribution is -2.41. The summed E-state index contributed by atoms with van der Waals surface area (Å²) < 4.78 is 1.08. The maximum absolute atomic E-state index is 9.04. The summed E-state index contributed by atoms with van der Waals surface area (Å²) in [7, 11) is 0. The minimum atomic E-state index is -0.404. The van der Waals surface area contributed by atoms with E-state index in [9.17, 15) is 0 Å². The van der Waals surface area contributed by atoms with E-state index in [0.29, 0.717) is 0 Å². The first kappa shape index (κ1) is 12.5. The molecule has 15 heavy (non-hydrogen) atoms. The largest absolute Gasteiger partial charge is 0.300 e. The summed E-state index contributed by atoms with van der Waals surface area (Å²) in [4.78, 5) is 4.19. The van der Waals surface area contributed by atoms with Crippen LogP contribution in [0.2, 0.25) is 0 Å². The smallest absolute Gasteiger partial charge is 0.149 e. The van der Waals surface area contributed by atoms with Gasteiger partial charge in [-0.1, -0.05) is 18.7 Å². The van der Waals surface area contributed by atoms with Crippen molar-refractivity contribution in [2.45, 2.75) is 30.1 Å². The van der Waals surface area contributed by atoms with Gasteiger partial charge >= 0.3 is 0 Å². The lowest BCUT2D eigenvalue weighted by atomic mass is 10.0. The summed E-state index contributed by atoms with van der Waals surface area (Å²) >= 11 is 3.35. The van der Waals surface area contributed by atoms with E-state index in [4.69, 9.17) is 5.26 Å². The van der Waals surface area contributed by atoms with E-state index >= 15 is 0 Å². The van der Waals surface area contributed by atoms with Crippen LogP contribution in [-0.4, -0.2) is 22.8 Å². The maximum atomic E-state index is 9.04. The third-order valence-electron chi connectivity index (χ3n) is 2.05. The molecule has 0 amide bonds. The van der Waals surface area contributed by atoms with Gasteiger partial charge in [0.1, 0.15) is 9.88 Å². The number of aromatic nitrogens is 1. The first-order valence-electron chi connectivity index (χ1n) is 4.89. The zero-order valence-electron chi connectivity index (χ0n) is 8.99. The first-order chi connectivity index (χ1) is 7.20. The molecule has 1 heterocycles. The zero-order chi connectivity index (χ0) is 11.1. The Kier molecular flexibility index (Phi) is 5.09. The van der Waals surface area contributed by atoms with Gasteiger partial charge in [-0.05, 0) is 19.9 Å². The van der Waals surface area contributed by atoms with Crippen molar-refractivity contribution in [3.63, 3.8) is 0 Å². The van der Waals surface area contributed by atoms with Crippen molar-refractivity contribution in [2.24, 2.45) is 0 Å². The maximum Gasteiger partial charge on any atom is 0.149 e. The van der Waals surface area contributed by atoms with E-state index in [2.05, 4.69) is 16.4 Å². The Bertz CT molecular complexity index is 318. The molecule has 0 spiro atoms. The van der Waals surface area contributed by atoms with Crippen molar-refractivity contribution in [3.05, 3.63) is 11.6 Å². The van der Waals surface area contributed by atoms with Crippen molar-refractivity contribution in [1.29, 1.82) is 5.26 Å². The molecule has 5 heteroatoms. The Labute approximate surface area is 98.9 Å². The lowest BCUT2D eigenvalue weighted by Gasteiger charge is -2.21. The van der Waals surface area contributed by atoms with Crippen molar-refractivity contribution in [2.75, 3.05) is 12.3 Å². The number of hydrogen-bond acceptors (Lipinski definition) is 5. The van der Waals surface area contributed by atoms with Crippen LogP contribution in [0, 0.1) is 11.3 Å². The minimum Gasteiger partial charge on any atom is -0.300 e. The highest BCUT2D eigenvalue weighted by atomic mass is 32.2. The monoisotopic (exact) mass is 241 g/mol. The second kappa shape index (κ2) is 6.11. The van der Waals surface area contributed by atoms with Gasteiger partial charge in [-0.25, -0.2) is 4.98 Å². The molecule has 0 saturated heterocycles. The highest BCUT2D eigenvalue weighted by Gasteiger charge is 2.21. The standard InChI is InChI=1S/C10H15N3S2/c1-3-13-10(2,8-11)4-6-14-9-12-5-7-15-9/h5,7,13H,3-4,6H2,1-2H3. The normalized spacial score (nSPS) is 14.5. The fraction of sp³-hybridized carbons (Fsp3) is 0.600. The average molecular weight is 241 g/mol. The Morgan fingerprint density at radius 3 is 3.07 bits per heavy atom. The van der Waals surface area contributed by atoms with E-state index in [0.717, 1.165) is 23.1 Å². The van der Waals surface area contributed by atoms with Gasteiger partial charge in [0.05, 0.1) is 6.07 Å². The molecule has 0 saturated carbocycles. The van der Waals surface area contributed by atoms with Crippen LogP contribution in [0.4, 0.5) is 0 Å². The molecular formula is C10H15N3S2. The van der Waals surface area contributed by atoms with Gasteiger partial charge in [0.2, 0.25) is 0 Å². The molecule has 1 atom stereocenters. The summed E-state index contributed by atoms with van der Waals surface area (Å²) in [5.74, 6) is 0.921. The predicted octanol–water partition coefficient (Wildman–Crippen LogP) is 2.52. The molecule has 0 radical (unpaired) electrons. The van der Waals surface area contributed by atoms with E-state index in [1.54, 1.807) is 29.3 Å². The summed E-state index contributed by atoms with van der Waals surface area (Å²) in [5, 5.41) is 14.2. The lowest BCUT2D eigenvalue weighted by molar-refractivity contribution is 0.450. The van der Waals surface area contributed by atoms with Crippen LogP contribution in [-0.2, 0) is 0 Å². The molecule has 0 aliphatic heterocycles. The molecule has 0 aromatic carbocycles. The molecule has 1 unspecified atom stereocenters. The van der Waals surface area contributed by atoms with Crippen molar-refractivity contribution >= 4 is 23.1 Å². The third-order valence-corrected chi connectivity index (χ3v) is 4.02. The second-order valence-electron chi connectivity index (χ2n) is 3.37. The van der Waals surface area contributed by atoms with Gasteiger partial charge in [-0.3, -0.25) is 5.32 Å². The number of nitriles is 1. The molecule has 0 aliphatic carbocycles. The van der Waals surface area contributed by atoms with Crippen LogP contribution in [0.5, 0.6) is 0 Å². The molecule has 0 fully saturated rings. The van der Waals surface area contributed by atoms with Gasteiger partial charge in [0.25, 0.3) is 0 Å². The fourth-order valence-electron chi connectivity index (χ4n) is 1.20. The third kappa shape index (κ3) is 4.20. The number of thiazole rings is 1.